The Morgan fingerprint density at radius 2 is 1.86 bits per heavy atom. The molecule has 0 saturated carbocycles. The maximum Gasteiger partial charge on any atom is 0.271 e. The molecular weight excluding hydrogens is 336 g/mol. The number of hydrazone groups is 1. The van der Waals surface area contributed by atoms with E-state index in [2.05, 4.69) is 26.5 Å². The van der Waals surface area contributed by atoms with Gasteiger partial charge < -0.3 is 10.2 Å². The lowest BCUT2D eigenvalue weighted by atomic mass is 10.1. The van der Waals surface area contributed by atoms with Crippen LogP contribution in [-0.2, 0) is 0 Å². The summed E-state index contributed by atoms with van der Waals surface area (Å²) in [4.78, 5) is 11.8. The van der Waals surface area contributed by atoms with Crippen molar-refractivity contribution < 1.29 is 15.0 Å². The van der Waals surface area contributed by atoms with Gasteiger partial charge in [-0.1, -0.05) is 17.7 Å². The average Bonchev–Trinajstić information content (AvgIpc) is 2.45. The van der Waals surface area contributed by atoms with Crippen molar-refractivity contribution in [3.63, 3.8) is 0 Å². The Morgan fingerprint density at radius 3 is 2.52 bits per heavy atom. The maximum atomic E-state index is 11.8. The Hall–Kier alpha value is -2.34. The Morgan fingerprint density at radius 1 is 1.19 bits per heavy atom. The molecule has 0 bridgehead atoms. The lowest BCUT2D eigenvalue weighted by molar-refractivity contribution is 0.0955. The van der Waals surface area contributed by atoms with Gasteiger partial charge in [0.05, 0.1) is 10.7 Å². The van der Waals surface area contributed by atoms with E-state index in [0.717, 1.165) is 5.56 Å². The van der Waals surface area contributed by atoms with Gasteiger partial charge in [0.1, 0.15) is 11.5 Å². The summed E-state index contributed by atoms with van der Waals surface area (Å²) in [7, 11) is 0. The van der Waals surface area contributed by atoms with E-state index in [-0.39, 0.29) is 17.4 Å². The number of aryl methyl sites for hydroxylation is 1. The quantitative estimate of drug-likeness (QED) is 0.589. The minimum absolute atomic E-state index is 0.0756. The van der Waals surface area contributed by atoms with Gasteiger partial charge >= 0.3 is 0 Å². The SMILES string of the molecule is Cc1ccc(C(=O)N/N=C/c2cc(Br)c(O)cc2O)cc1. The van der Waals surface area contributed by atoms with Crippen molar-refractivity contribution in [2.75, 3.05) is 0 Å². The number of rotatable bonds is 3. The van der Waals surface area contributed by atoms with Crippen LogP contribution in [0.5, 0.6) is 11.5 Å². The molecule has 0 aliphatic heterocycles. The van der Waals surface area contributed by atoms with Crippen LogP contribution in [0.4, 0.5) is 0 Å². The van der Waals surface area contributed by atoms with Gasteiger partial charge in [-0.05, 0) is 41.1 Å². The number of carbonyl (C=O) groups excluding carboxylic acids is 1. The molecule has 0 heterocycles. The van der Waals surface area contributed by atoms with Gasteiger partial charge in [-0.2, -0.15) is 5.10 Å². The van der Waals surface area contributed by atoms with Gasteiger partial charge in [0, 0.05) is 17.2 Å². The molecule has 2 rings (SSSR count). The third-order valence-electron chi connectivity index (χ3n) is 2.78. The summed E-state index contributed by atoms with van der Waals surface area (Å²) in [5.74, 6) is -0.555. The third-order valence-corrected chi connectivity index (χ3v) is 3.41. The normalized spacial score (nSPS) is 10.8. The van der Waals surface area contributed by atoms with E-state index in [1.165, 1.54) is 18.3 Å². The van der Waals surface area contributed by atoms with E-state index in [1.807, 2.05) is 19.1 Å². The molecule has 0 saturated heterocycles. The molecule has 0 aromatic heterocycles. The fourth-order valence-electron chi connectivity index (χ4n) is 1.60. The van der Waals surface area contributed by atoms with Crippen LogP contribution in [0.1, 0.15) is 21.5 Å². The minimum Gasteiger partial charge on any atom is -0.507 e. The summed E-state index contributed by atoms with van der Waals surface area (Å²) in [6.45, 7) is 1.94. The molecule has 2 aromatic rings. The molecule has 108 valence electrons. The molecule has 0 spiro atoms. The van der Waals surface area contributed by atoms with E-state index >= 15 is 0 Å². The van der Waals surface area contributed by atoms with Crippen LogP contribution in [-0.4, -0.2) is 22.3 Å². The number of phenols is 2. The van der Waals surface area contributed by atoms with Crippen molar-refractivity contribution in [2.45, 2.75) is 6.92 Å². The highest BCUT2D eigenvalue weighted by molar-refractivity contribution is 9.10. The second-order valence-corrected chi connectivity index (χ2v) is 5.28. The molecule has 1 amide bonds. The van der Waals surface area contributed by atoms with Crippen LogP contribution < -0.4 is 5.43 Å². The average molecular weight is 349 g/mol. The number of aromatic hydroxyl groups is 2. The first-order valence-corrected chi connectivity index (χ1v) is 6.88. The highest BCUT2D eigenvalue weighted by Crippen LogP contribution is 2.30. The van der Waals surface area contributed by atoms with E-state index in [9.17, 15) is 15.0 Å². The fraction of sp³-hybridized carbons (Fsp3) is 0.0667. The standard InChI is InChI=1S/C15H13BrN2O3/c1-9-2-4-10(5-3-9)15(21)18-17-8-11-6-12(16)14(20)7-13(11)19/h2-8,19-20H,1H3,(H,18,21)/b17-8+. The van der Waals surface area contributed by atoms with Crippen molar-refractivity contribution in [2.24, 2.45) is 5.10 Å². The topological polar surface area (TPSA) is 81.9 Å². The summed E-state index contributed by atoms with van der Waals surface area (Å²) in [5, 5.41) is 22.8. The van der Waals surface area contributed by atoms with Gasteiger partial charge in [0.2, 0.25) is 0 Å². The molecule has 0 unspecified atom stereocenters. The third kappa shape index (κ3) is 3.82. The van der Waals surface area contributed by atoms with Gasteiger partial charge in [-0.15, -0.1) is 0 Å². The van der Waals surface area contributed by atoms with Crippen LogP contribution in [0.25, 0.3) is 0 Å². The molecule has 3 N–H and O–H groups in total. The summed E-state index contributed by atoms with van der Waals surface area (Å²) in [5.41, 5.74) is 4.29. The van der Waals surface area contributed by atoms with E-state index < -0.39 is 0 Å². The highest BCUT2D eigenvalue weighted by Gasteiger charge is 2.06. The molecular formula is C15H13BrN2O3. The van der Waals surface area contributed by atoms with Gasteiger partial charge in [-0.25, -0.2) is 5.43 Å². The number of carbonyl (C=O) groups is 1. The number of hydrogen-bond acceptors (Lipinski definition) is 4. The number of benzene rings is 2. The molecule has 5 nitrogen and oxygen atoms in total. The summed E-state index contributed by atoms with van der Waals surface area (Å²) in [6, 6.07) is 9.76. The van der Waals surface area contributed by atoms with Crippen LogP contribution in [0.3, 0.4) is 0 Å². The predicted octanol–water partition coefficient (Wildman–Crippen LogP) is 2.93. The number of halogens is 1. The van der Waals surface area contributed by atoms with Crippen molar-refractivity contribution in [1.82, 2.24) is 5.43 Å². The number of phenolic OH excluding ortho intramolecular Hbond substituents is 2. The molecule has 0 atom stereocenters. The lowest BCUT2D eigenvalue weighted by Gasteiger charge is -2.03. The first-order chi connectivity index (χ1) is 9.97. The number of nitrogens with zero attached hydrogens (tertiary/aromatic N) is 1. The number of amides is 1. The zero-order valence-electron chi connectivity index (χ0n) is 11.2. The van der Waals surface area contributed by atoms with Crippen LogP contribution in [0.15, 0.2) is 46.0 Å². The molecule has 0 aliphatic carbocycles. The smallest absolute Gasteiger partial charge is 0.271 e. The monoisotopic (exact) mass is 348 g/mol. The predicted molar refractivity (Wildman–Crippen MR) is 83.7 cm³/mol. The van der Waals surface area contributed by atoms with Crippen molar-refractivity contribution in [3.8, 4) is 11.5 Å². The van der Waals surface area contributed by atoms with Crippen molar-refractivity contribution in [3.05, 3.63) is 57.6 Å². The Balaban J connectivity index is 2.07. The number of hydrogen-bond donors (Lipinski definition) is 3. The van der Waals surface area contributed by atoms with Gasteiger partial charge in [0.25, 0.3) is 5.91 Å². The summed E-state index contributed by atoms with van der Waals surface area (Å²) < 4.78 is 0.423. The van der Waals surface area contributed by atoms with Gasteiger partial charge in [-0.3, -0.25) is 4.79 Å². The Kier molecular flexibility index (Phi) is 4.59. The zero-order valence-corrected chi connectivity index (χ0v) is 12.8. The molecule has 0 radical (unpaired) electrons. The first kappa shape index (κ1) is 15.1. The number of nitrogens with one attached hydrogen (secondary N) is 1. The first-order valence-electron chi connectivity index (χ1n) is 6.09. The second kappa shape index (κ2) is 6.41. The molecule has 6 heteroatoms. The minimum atomic E-state index is -0.344. The van der Waals surface area contributed by atoms with Crippen LogP contribution in [0.2, 0.25) is 0 Å². The van der Waals surface area contributed by atoms with Crippen molar-refractivity contribution in [1.29, 1.82) is 0 Å². The highest BCUT2D eigenvalue weighted by atomic mass is 79.9. The molecule has 21 heavy (non-hydrogen) atoms. The molecule has 0 aliphatic rings. The Labute approximate surface area is 130 Å². The van der Waals surface area contributed by atoms with Crippen LogP contribution in [0, 0.1) is 6.92 Å². The van der Waals surface area contributed by atoms with E-state index in [1.54, 1.807) is 12.1 Å². The Bertz CT molecular complexity index is 697. The fourth-order valence-corrected chi connectivity index (χ4v) is 1.96. The largest absolute Gasteiger partial charge is 0.507 e. The zero-order chi connectivity index (χ0) is 15.4. The molecule has 2 aromatic carbocycles. The van der Waals surface area contributed by atoms with Crippen molar-refractivity contribution >= 4 is 28.1 Å². The van der Waals surface area contributed by atoms with E-state index in [4.69, 9.17) is 0 Å². The van der Waals surface area contributed by atoms with Crippen LogP contribution >= 0.6 is 15.9 Å². The maximum absolute atomic E-state index is 11.8. The summed E-state index contributed by atoms with van der Waals surface area (Å²) in [6.07, 6.45) is 1.30. The lowest BCUT2D eigenvalue weighted by Crippen LogP contribution is -2.17. The summed E-state index contributed by atoms with van der Waals surface area (Å²) >= 11 is 3.13. The van der Waals surface area contributed by atoms with Gasteiger partial charge in [0.15, 0.2) is 0 Å². The second-order valence-electron chi connectivity index (χ2n) is 4.43. The molecule has 0 fully saturated rings. The van der Waals surface area contributed by atoms with E-state index in [0.29, 0.717) is 15.6 Å².